The van der Waals surface area contributed by atoms with Crippen LogP contribution in [0.5, 0.6) is 0 Å². The van der Waals surface area contributed by atoms with Crippen LogP contribution in [0, 0.1) is 0 Å². The van der Waals surface area contributed by atoms with Crippen molar-refractivity contribution >= 4 is 70.9 Å². The molecule has 0 fully saturated rings. The summed E-state index contributed by atoms with van der Waals surface area (Å²) >= 11 is 0. The summed E-state index contributed by atoms with van der Waals surface area (Å²) in [5.74, 6) is 0. The first-order chi connectivity index (χ1) is 21.3. The molecule has 9 aromatic carbocycles. The highest BCUT2D eigenvalue weighted by molar-refractivity contribution is 6.25. The fraction of sp³-hybridized carbons (Fsp3) is 0. The molecular formula is C42H27N. The highest BCUT2D eigenvalue weighted by Gasteiger charge is 2.16. The SMILES string of the molecule is c1ccc2cc(N(c3ccc(-c4ccc5ccc6cccc7ccc4c5c67)cc3)c3ccc4ccccc4c3)ccc2c1. The van der Waals surface area contributed by atoms with Gasteiger partial charge >= 0.3 is 0 Å². The van der Waals surface area contributed by atoms with Crippen LogP contribution in [0.4, 0.5) is 17.1 Å². The molecule has 0 aromatic heterocycles. The molecule has 0 aliphatic heterocycles. The van der Waals surface area contributed by atoms with Crippen LogP contribution in [0.15, 0.2) is 164 Å². The summed E-state index contributed by atoms with van der Waals surface area (Å²) in [6.07, 6.45) is 0. The molecule has 1 heteroatoms. The molecule has 0 aliphatic rings. The van der Waals surface area contributed by atoms with Gasteiger partial charge in [-0.2, -0.15) is 0 Å². The Balaban J connectivity index is 1.20. The van der Waals surface area contributed by atoms with Gasteiger partial charge in [0.25, 0.3) is 0 Å². The zero-order chi connectivity index (χ0) is 28.3. The summed E-state index contributed by atoms with van der Waals surface area (Å²) in [6.45, 7) is 0. The molecular weight excluding hydrogens is 518 g/mol. The number of rotatable bonds is 4. The van der Waals surface area contributed by atoms with E-state index >= 15 is 0 Å². The van der Waals surface area contributed by atoms with Crippen molar-refractivity contribution in [3.05, 3.63) is 164 Å². The molecule has 0 unspecified atom stereocenters. The monoisotopic (exact) mass is 545 g/mol. The topological polar surface area (TPSA) is 3.24 Å². The fourth-order valence-electron chi connectivity index (χ4n) is 6.86. The average molecular weight is 546 g/mol. The summed E-state index contributed by atoms with van der Waals surface area (Å²) in [5, 5.41) is 12.8. The number of nitrogens with zero attached hydrogens (tertiary/aromatic N) is 1. The Bertz CT molecular complexity index is 2360. The van der Waals surface area contributed by atoms with Crippen LogP contribution in [0.3, 0.4) is 0 Å². The van der Waals surface area contributed by atoms with E-state index in [0.717, 1.165) is 17.1 Å². The first-order valence-corrected chi connectivity index (χ1v) is 14.8. The molecule has 43 heavy (non-hydrogen) atoms. The first kappa shape index (κ1) is 24.0. The van der Waals surface area contributed by atoms with E-state index in [0.29, 0.717) is 0 Å². The van der Waals surface area contributed by atoms with Crippen LogP contribution in [0.2, 0.25) is 0 Å². The van der Waals surface area contributed by atoms with Crippen molar-refractivity contribution in [3.63, 3.8) is 0 Å². The zero-order valence-corrected chi connectivity index (χ0v) is 23.5. The molecule has 9 aromatic rings. The zero-order valence-electron chi connectivity index (χ0n) is 23.5. The van der Waals surface area contributed by atoms with Gasteiger partial charge in [0.05, 0.1) is 0 Å². The third-order valence-electron chi connectivity index (χ3n) is 8.95. The standard InChI is InChI=1S/C42H27N/c1-3-8-34-26-37(22-14-28(34)6-1)43(38-23-15-29-7-2-4-9-35(29)27-38)36-20-16-30(17-21-36)39-24-18-33-13-12-31-10-5-11-32-19-25-40(39)42(33)41(31)32/h1-27H. The van der Waals surface area contributed by atoms with Crippen LogP contribution in [-0.2, 0) is 0 Å². The van der Waals surface area contributed by atoms with Crippen molar-refractivity contribution in [2.45, 2.75) is 0 Å². The summed E-state index contributed by atoms with van der Waals surface area (Å²) in [7, 11) is 0. The summed E-state index contributed by atoms with van der Waals surface area (Å²) < 4.78 is 0. The number of fused-ring (bicyclic) bond motifs is 2. The van der Waals surface area contributed by atoms with Gasteiger partial charge in [0.1, 0.15) is 0 Å². The fourth-order valence-corrected chi connectivity index (χ4v) is 6.86. The number of hydrogen-bond acceptors (Lipinski definition) is 1. The summed E-state index contributed by atoms with van der Waals surface area (Å²) in [5.41, 5.74) is 5.90. The van der Waals surface area contributed by atoms with E-state index in [1.54, 1.807) is 0 Å². The van der Waals surface area contributed by atoms with Crippen molar-refractivity contribution in [3.8, 4) is 11.1 Å². The second kappa shape index (κ2) is 9.44. The molecule has 0 N–H and O–H groups in total. The molecule has 0 bridgehead atoms. The van der Waals surface area contributed by atoms with Crippen LogP contribution < -0.4 is 4.90 Å². The van der Waals surface area contributed by atoms with Gasteiger partial charge < -0.3 is 4.90 Å². The van der Waals surface area contributed by atoms with Crippen LogP contribution in [0.25, 0.3) is 65.0 Å². The Labute approximate surface area is 250 Å². The predicted octanol–water partition coefficient (Wildman–Crippen LogP) is 12.0. The summed E-state index contributed by atoms with van der Waals surface area (Å²) in [4.78, 5) is 2.37. The maximum absolute atomic E-state index is 2.37. The van der Waals surface area contributed by atoms with Crippen LogP contribution in [0.1, 0.15) is 0 Å². The van der Waals surface area contributed by atoms with E-state index in [1.807, 2.05) is 0 Å². The molecule has 0 spiro atoms. The van der Waals surface area contributed by atoms with Gasteiger partial charge in [-0.1, -0.05) is 127 Å². The lowest BCUT2D eigenvalue weighted by molar-refractivity contribution is 1.29. The van der Waals surface area contributed by atoms with Crippen molar-refractivity contribution in [1.82, 2.24) is 0 Å². The third kappa shape index (κ3) is 3.86. The molecule has 0 saturated carbocycles. The first-order valence-electron chi connectivity index (χ1n) is 14.8. The Hall–Kier alpha value is -5.66. The lowest BCUT2D eigenvalue weighted by Gasteiger charge is -2.26. The quantitative estimate of drug-likeness (QED) is 0.199. The van der Waals surface area contributed by atoms with E-state index < -0.39 is 0 Å². The minimum absolute atomic E-state index is 1.13. The largest absolute Gasteiger partial charge is 0.310 e. The molecule has 200 valence electrons. The Morgan fingerprint density at radius 2 is 0.767 bits per heavy atom. The molecule has 0 saturated heterocycles. The van der Waals surface area contributed by atoms with E-state index in [-0.39, 0.29) is 0 Å². The molecule has 9 rings (SSSR count). The Kier molecular flexibility index (Phi) is 5.27. The van der Waals surface area contributed by atoms with Gasteiger partial charge in [-0.05, 0) is 101 Å². The molecule has 0 aliphatic carbocycles. The molecule has 1 nitrogen and oxygen atoms in total. The van der Waals surface area contributed by atoms with Gasteiger partial charge in [0, 0.05) is 17.1 Å². The predicted molar refractivity (Wildman–Crippen MR) is 185 cm³/mol. The van der Waals surface area contributed by atoms with Crippen LogP contribution in [-0.4, -0.2) is 0 Å². The van der Waals surface area contributed by atoms with Crippen molar-refractivity contribution in [2.75, 3.05) is 4.90 Å². The molecule has 0 radical (unpaired) electrons. The van der Waals surface area contributed by atoms with Gasteiger partial charge in [-0.25, -0.2) is 0 Å². The second-order valence-electron chi connectivity index (χ2n) is 11.4. The minimum Gasteiger partial charge on any atom is -0.310 e. The normalized spacial score (nSPS) is 11.7. The molecule has 0 amide bonds. The third-order valence-corrected chi connectivity index (χ3v) is 8.95. The lowest BCUT2D eigenvalue weighted by atomic mass is 9.90. The number of anilines is 3. The maximum Gasteiger partial charge on any atom is 0.0468 e. The van der Waals surface area contributed by atoms with E-state index in [1.165, 1.54) is 65.0 Å². The Morgan fingerprint density at radius 1 is 0.302 bits per heavy atom. The molecule has 0 heterocycles. The summed E-state index contributed by atoms with van der Waals surface area (Å²) in [6, 6.07) is 59.9. The van der Waals surface area contributed by atoms with Gasteiger partial charge in [-0.3, -0.25) is 0 Å². The van der Waals surface area contributed by atoms with Crippen molar-refractivity contribution in [1.29, 1.82) is 0 Å². The molecule has 0 atom stereocenters. The maximum atomic E-state index is 2.37. The van der Waals surface area contributed by atoms with Crippen molar-refractivity contribution in [2.24, 2.45) is 0 Å². The number of benzene rings is 9. The van der Waals surface area contributed by atoms with Crippen molar-refractivity contribution < 1.29 is 0 Å². The van der Waals surface area contributed by atoms with E-state index in [2.05, 4.69) is 169 Å². The lowest BCUT2D eigenvalue weighted by Crippen LogP contribution is -2.09. The second-order valence-corrected chi connectivity index (χ2v) is 11.4. The minimum atomic E-state index is 1.13. The van der Waals surface area contributed by atoms with Gasteiger partial charge in [0.2, 0.25) is 0 Å². The average Bonchev–Trinajstić information content (AvgIpc) is 3.07. The van der Waals surface area contributed by atoms with Gasteiger partial charge in [-0.15, -0.1) is 0 Å². The van der Waals surface area contributed by atoms with E-state index in [4.69, 9.17) is 0 Å². The number of hydrogen-bond donors (Lipinski definition) is 0. The van der Waals surface area contributed by atoms with Gasteiger partial charge in [0.15, 0.2) is 0 Å². The van der Waals surface area contributed by atoms with E-state index in [9.17, 15) is 0 Å². The Morgan fingerprint density at radius 3 is 1.40 bits per heavy atom. The smallest absolute Gasteiger partial charge is 0.0468 e. The van der Waals surface area contributed by atoms with Crippen LogP contribution >= 0.6 is 0 Å². The highest BCUT2D eigenvalue weighted by Crippen LogP contribution is 2.41. The highest BCUT2D eigenvalue weighted by atomic mass is 15.1.